The number of hydrogen-bond acceptors (Lipinski definition) is 4. The Labute approximate surface area is 177 Å². The van der Waals surface area contributed by atoms with Crippen molar-refractivity contribution in [3.05, 3.63) is 94.0 Å². The van der Waals surface area contributed by atoms with Crippen molar-refractivity contribution in [3.63, 3.8) is 0 Å². The van der Waals surface area contributed by atoms with Crippen LogP contribution in [0.5, 0.6) is 11.5 Å². The fourth-order valence-electron chi connectivity index (χ4n) is 3.12. The molecule has 0 saturated carbocycles. The fourth-order valence-corrected chi connectivity index (χ4v) is 3.41. The van der Waals surface area contributed by atoms with Crippen LogP contribution in [0.2, 0.25) is 5.02 Å². The number of aliphatic hydroxyl groups is 1. The van der Waals surface area contributed by atoms with Crippen LogP contribution in [0.25, 0.3) is 0 Å². The number of aliphatic hydroxyl groups excluding tert-OH is 1. The first-order valence-corrected chi connectivity index (χ1v) is 9.93. The van der Waals surface area contributed by atoms with Crippen molar-refractivity contribution in [1.82, 2.24) is 5.32 Å². The minimum atomic E-state index is -0.564. The van der Waals surface area contributed by atoms with Gasteiger partial charge in [-0.05, 0) is 35.7 Å². The van der Waals surface area contributed by atoms with Gasteiger partial charge < -0.3 is 19.9 Å². The van der Waals surface area contributed by atoms with E-state index in [1.165, 1.54) is 5.56 Å². The lowest BCUT2D eigenvalue weighted by atomic mass is 10.1. The molecule has 0 spiro atoms. The topological polar surface area (TPSA) is 50.7 Å². The third-order valence-electron chi connectivity index (χ3n) is 4.61. The second kappa shape index (κ2) is 10.3. The van der Waals surface area contributed by atoms with Crippen molar-refractivity contribution in [2.75, 3.05) is 13.7 Å². The molecule has 5 heteroatoms. The Kier molecular flexibility index (Phi) is 7.53. The van der Waals surface area contributed by atoms with Crippen LogP contribution in [-0.2, 0) is 13.2 Å². The quantitative estimate of drug-likeness (QED) is 0.516. The molecule has 0 radical (unpaired) electrons. The number of nitrogens with one attached hydrogen (secondary N) is 1. The first kappa shape index (κ1) is 21.2. The van der Waals surface area contributed by atoms with Gasteiger partial charge in [0.2, 0.25) is 0 Å². The van der Waals surface area contributed by atoms with Crippen molar-refractivity contribution in [2.45, 2.75) is 26.2 Å². The van der Waals surface area contributed by atoms with Crippen molar-refractivity contribution in [1.29, 1.82) is 0 Å². The molecule has 0 aliphatic heterocycles. The fraction of sp³-hybridized carbons (Fsp3) is 0.250. The molecule has 152 valence electrons. The van der Waals surface area contributed by atoms with Gasteiger partial charge in [-0.3, -0.25) is 0 Å². The van der Waals surface area contributed by atoms with Crippen LogP contribution in [0.4, 0.5) is 0 Å². The van der Waals surface area contributed by atoms with E-state index in [9.17, 15) is 5.11 Å². The van der Waals surface area contributed by atoms with Gasteiger partial charge in [0.25, 0.3) is 0 Å². The number of methoxy groups -OCH3 is 1. The first-order valence-electron chi connectivity index (χ1n) is 9.55. The molecule has 29 heavy (non-hydrogen) atoms. The lowest BCUT2D eigenvalue weighted by molar-refractivity contribution is 0.174. The van der Waals surface area contributed by atoms with Crippen molar-refractivity contribution in [2.24, 2.45) is 0 Å². The van der Waals surface area contributed by atoms with E-state index in [-0.39, 0.29) is 0 Å². The molecule has 3 aromatic carbocycles. The normalized spacial score (nSPS) is 11.9. The van der Waals surface area contributed by atoms with Gasteiger partial charge in [-0.2, -0.15) is 0 Å². The standard InChI is InChI=1S/C24H26ClNO3/c1-17-7-6-8-18(11-17)16-29-24-21(25)12-19(13-23(24)28-2)14-26-15-22(27)20-9-4-3-5-10-20/h3-13,22,26-27H,14-16H2,1-2H3. The Hall–Kier alpha value is -2.53. The van der Waals surface area contributed by atoms with Crippen molar-refractivity contribution < 1.29 is 14.6 Å². The molecule has 0 amide bonds. The third-order valence-corrected chi connectivity index (χ3v) is 4.89. The number of benzene rings is 3. The van der Waals surface area contributed by atoms with Crippen LogP contribution < -0.4 is 14.8 Å². The maximum atomic E-state index is 10.3. The molecule has 0 bridgehead atoms. The van der Waals surface area contributed by atoms with E-state index in [1.54, 1.807) is 7.11 Å². The molecule has 2 N–H and O–H groups in total. The highest BCUT2D eigenvalue weighted by Gasteiger charge is 2.13. The molecule has 0 saturated heterocycles. The van der Waals surface area contributed by atoms with Crippen LogP contribution in [0, 0.1) is 6.92 Å². The summed E-state index contributed by atoms with van der Waals surface area (Å²) in [6.07, 6.45) is -0.564. The molecule has 0 heterocycles. The predicted octanol–water partition coefficient (Wildman–Crippen LogP) is 5.06. The SMILES string of the molecule is COc1cc(CNCC(O)c2ccccc2)cc(Cl)c1OCc1cccc(C)c1. The van der Waals surface area contributed by atoms with E-state index in [1.807, 2.05) is 67.6 Å². The van der Waals surface area contributed by atoms with Gasteiger partial charge in [0.15, 0.2) is 11.5 Å². The predicted molar refractivity (Wildman–Crippen MR) is 117 cm³/mol. The van der Waals surface area contributed by atoms with Gasteiger partial charge in [-0.1, -0.05) is 71.8 Å². The number of aryl methyl sites for hydroxylation is 1. The number of rotatable bonds is 9. The minimum absolute atomic E-state index is 0.415. The molecule has 0 aliphatic rings. The molecule has 3 rings (SSSR count). The first-order chi connectivity index (χ1) is 14.1. The van der Waals surface area contributed by atoms with Crippen molar-refractivity contribution in [3.8, 4) is 11.5 Å². The zero-order valence-electron chi connectivity index (χ0n) is 16.7. The second-order valence-corrected chi connectivity index (χ2v) is 7.35. The van der Waals surface area contributed by atoms with Crippen LogP contribution in [0.1, 0.15) is 28.4 Å². The Bertz CT molecular complexity index is 931. The maximum Gasteiger partial charge on any atom is 0.180 e. The molecule has 4 nitrogen and oxygen atoms in total. The van der Waals surface area contributed by atoms with E-state index in [0.717, 1.165) is 16.7 Å². The Morgan fingerprint density at radius 3 is 2.52 bits per heavy atom. The summed E-state index contributed by atoms with van der Waals surface area (Å²) in [4.78, 5) is 0. The van der Waals surface area contributed by atoms with Gasteiger partial charge in [-0.15, -0.1) is 0 Å². The molecular formula is C24H26ClNO3. The summed E-state index contributed by atoms with van der Waals surface area (Å²) < 4.78 is 11.4. The molecular weight excluding hydrogens is 386 g/mol. The minimum Gasteiger partial charge on any atom is -0.493 e. The van der Waals surface area contributed by atoms with Crippen LogP contribution in [-0.4, -0.2) is 18.8 Å². The lowest BCUT2D eigenvalue weighted by Gasteiger charge is -2.16. The highest BCUT2D eigenvalue weighted by molar-refractivity contribution is 6.32. The summed E-state index contributed by atoms with van der Waals surface area (Å²) in [6, 6.07) is 21.5. The molecule has 0 fully saturated rings. The van der Waals surface area contributed by atoms with E-state index in [0.29, 0.717) is 36.2 Å². The van der Waals surface area contributed by atoms with E-state index in [2.05, 4.69) is 11.4 Å². The lowest BCUT2D eigenvalue weighted by Crippen LogP contribution is -2.21. The molecule has 0 aliphatic carbocycles. The molecule has 1 unspecified atom stereocenters. The van der Waals surface area contributed by atoms with Crippen molar-refractivity contribution >= 4 is 11.6 Å². The average molecular weight is 412 g/mol. The Morgan fingerprint density at radius 1 is 1.00 bits per heavy atom. The van der Waals surface area contributed by atoms with Crippen LogP contribution in [0.15, 0.2) is 66.7 Å². The number of hydrogen-bond donors (Lipinski definition) is 2. The Balaban J connectivity index is 1.61. The van der Waals surface area contributed by atoms with E-state index in [4.69, 9.17) is 21.1 Å². The number of halogens is 1. The Morgan fingerprint density at radius 2 is 1.79 bits per heavy atom. The van der Waals surface area contributed by atoms with E-state index < -0.39 is 6.10 Å². The monoisotopic (exact) mass is 411 g/mol. The largest absolute Gasteiger partial charge is 0.493 e. The average Bonchev–Trinajstić information content (AvgIpc) is 2.73. The van der Waals surface area contributed by atoms with Gasteiger partial charge in [-0.25, -0.2) is 0 Å². The second-order valence-electron chi connectivity index (χ2n) is 6.94. The summed E-state index contributed by atoms with van der Waals surface area (Å²) in [5, 5.41) is 14.0. The van der Waals surface area contributed by atoms with Gasteiger partial charge in [0.05, 0.1) is 18.2 Å². The highest BCUT2D eigenvalue weighted by Crippen LogP contribution is 2.37. The van der Waals surface area contributed by atoms with Crippen LogP contribution in [0.3, 0.4) is 0 Å². The van der Waals surface area contributed by atoms with Gasteiger partial charge in [0, 0.05) is 13.1 Å². The summed E-state index contributed by atoms with van der Waals surface area (Å²) in [5.74, 6) is 1.12. The summed E-state index contributed by atoms with van der Waals surface area (Å²) in [7, 11) is 1.60. The molecule has 3 aromatic rings. The van der Waals surface area contributed by atoms with Gasteiger partial charge >= 0.3 is 0 Å². The zero-order valence-corrected chi connectivity index (χ0v) is 17.4. The maximum absolute atomic E-state index is 10.3. The third kappa shape index (κ3) is 5.97. The zero-order chi connectivity index (χ0) is 20.6. The van der Waals surface area contributed by atoms with Crippen LogP contribution >= 0.6 is 11.6 Å². The van der Waals surface area contributed by atoms with E-state index >= 15 is 0 Å². The summed E-state index contributed by atoms with van der Waals surface area (Å²) in [6.45, 7) is 3.46. The molecule has 0 aromatic heterocycles. The summed E-state index contributed by atoms with van der Waals surface area (Å²) in [5.41, 5.74) is 4.09. The molecule has 1 atom stereocenters. The smallest absolute Gasteiger partial charge is 0.180 e. The number of ether oxygens (including phenoxy) is 2. The highest BCUT2D eigenvalue weighted by atomic mass is 35.5. The summed E-state index contributed by atoms with van der Waals surface area (Å²) >= 11 is 6.47. The van der Waals surface area contributed by atoms with Gasteiger partial charge in [0.1, 0.15) is 6.61 Å².